The van der Waals surface area contributed by atoms with Crippen molar-refractivity contribution >= 4 is 22.9 Å². The zero-order valence-electron chi connectivity index (χ0n) is 13.4. The zero-order chi connectivity index (χ0) is 16.1. The van der Waals surface area contributed by atoms with Crippen molar-refractivity contribution in [2.75, 3.05) is 38.2 Å². The van der Waals surface area contributed by atoms with E-state index in [0.29, 0.717) is 0 Å². The number of rotatable bonds is 4. The van der Waals surface area contributed by atoms with E-state index in [1.807, 2.05) is 18.2 Å². The second-order valence-corrected chi connectivity index (χ2v) is 6.20. The van der Waals surface area contributed by atoms with Crippen LogP contribution in [0.4, 0.5) is 5.69 Å². The van der Waals surface area contributed by atoms with E-state index in [9.17, 15) is 0 Å². The van der Waals surface area contributed by atoms with Gasteiger partial charge >= 0.3 is 0 Å². The van der Waals surface area contributed by atoms with Gasteiger partial charge in [0.1, 0.15) is 5.75 Å². The molecule has 3 rings (SSSR count). The molecule has 0 unspecified atom stereocenters. The quantitative estimate of drug-likeness (QED) is 0.800. The lowest BCUT2D eigenvalue weighted by atomic mass is 10.1. The molecule has 1 heterocycles. The van der Waals surface area contributed by atoms with Crippen LogP contribution in [0.5, 0.6) is 5.75 Å². The number of thiocarbonyl (C=S) groups is 1. The maximum atomic E-state index is 5.63. The Labute approximate surface area is 143 Å². The first kappa shape index (κ1) is 15.8. The average molecular weight is 326 g/mol. The molecule has 0 N–H and O–H groups in total. The third-order valence-corrected chi connectivity index (χ3v) is 4.67. The zero-order valence-corrected chi connectivity index (χ0v) is 14.3. The fourth-order valence-electron chi connectivity index (χ4n) is 2.89. The summed E-state index contributed by atoms with van der Waals surface area (Å²) in [5.41, 5.74) is 2.54. The molecule has 1 saturated heterocycles. The van der Waals surface area contributed by atoms with Crippen LogP contribution in [0, 0.1) is 0 Å². The smallest absolute Gasteiger partial charge is 0.119 e. The summed E-state index contributed by atoms with van der Waals surface area (Å²) in [6.07, 6.45) is 0.860. The minimum Gasteiger partial charge on any atom is -0.497 e. The predicted molar refractivity (Wildman–Crippen MR) is 99.5 cm³/mol. The number of piperazine rings is 1. The topological polar surface area (TPSA) is 15.7 Å². The molecule has 1 aliphatic rings. The number of nitrogens with zero attached hydrogens (tertiary/aromatic N) is 2. The normalized spacial score (nSPS) is 14.7. The molecule has 0 atom stereocenters. The number of ether oxygens (including phenoxy) is 1. The van der Waals surface area contributed by atoms with Crippen LogP contribution < -0.4 is 9.64 Å². The molecule has 120 valence electrons. The van der Waals surface area contributed by atoms with Gasteiger partial charge in [0.2, 0.25) is 0 Å². The van der Waals surface area contributed by atoms with Crippen molar-refractivity contribution in [1.29, 1.82) is 0 Å². The lowest BCUT2D eigenvalue weighted by Gasteiger charge is -2.37. The first-order valence-corrected chi connectivity index (χ1v) is 8.38. The van der Waals surface area contributed by atoms with Gasteiger partial charge in [0.25, 0.3) is 0 Å². The average Bonchev–Trinajstić information content (AvgIpc) is 2.63. The molecular weight excluding hydrogens is 304 g/mol. The van der Waals surface area contributed by atoms with Gasteiger partial charge in [-0.1, -0.05) is 42.5 Å². The third-order valence-electron chi connectivity index (χ3n) is 4.27. The molecule has 0 saturated carbocycles. The van der Waals surface area contributed by atoms with E-state index in [0.717, 1.165) is 43.3 Å². The number of hydrogen-bond acceptors (Lipinski definition) is 3. The van der Waals surface area contributed by atoms with Gasteiger partial charge < -0.3 is 14.5 Å². The van der Waals surface area contributed by atoms with Gasteiger partial charge in [0, 0.05) is 38.3 Å². The summed E-state index contributed by atoms with van der Waals surface area (Å²) in [6.45, 7) is 3.97. The van der Waals surface area contributed by atoms with E-state index < -0.39 is 0 Å². The maximum Gasteiger partial charge on any atom is 0.119 e. The van der Waals surface area contributed by atoms with Gasteiger partial charge in [-0.05, 0) is 29.8 Å². The molecule has 4 heteroatoms. The molecule has 23 heavy (non-hydrogen) atoms. The number of benzene rings is 2. The Kier molecular flexibility index (Phi) is 5.13. The molecule has 0 aromatic heterocycles. The lowest BCUT2D eigenvalue weighted by Crippen LogP contribution is -2.48. The van der Waals surface area contributed by atoms with E-state index in [-0.39, 0.29) is 0 Å². The van der Waals surface area contributed by atoms with Gasteiger partial charge in [-0.15, -0.1) is 0 Å². The Bertz CT molecular complexity index is 634. The Morgan fingerprint density at radius 3 is 2.22 bits per heavy atom. The van der Waals surface area contributed by atoms with Crippen LogP contribution in [0.2, 0.25) is 0 Å². The largest absolute Gasteiger partial charge is 0.497 e. The Morgan fingerprint density at radius 2 is 1.61 bits per heavy atom. The van der Waals surface area contributed by atoms with Gasteiger partial charge in [-0.3, -0.25) is 0 Å². The second-order valence-electron chi connectivity index (χ2n) is 5.73. The molecular formula is C19H22N2OS. The van der Waals surface area contributed by atoms with Crippen molar-refractivity contribution in [2.45, 2.75) is 6.42 Å². The van der Waals surface area contributed by atoms with Gasteiger partial charge in [0.15, 0.2) is 0 Å². The molecule has 0 radical (unpaired) electrons. The number of anilines is 1. The highest BCUT2D eigenvalue weighted by Crippen LogP contribution is 2.20. The van der Waals surface area contributed by atoms with Crippen LogP contribution in [-0.4, -0.2) is 43.2 Å². The van der Waals surface area contributed by atoms with Crippen LogP contribution in [0.15, 0.2) is 54.6 Å². The molecule has 0 aliphatic carbocycles. The Balaban J connectivity index is 1.54. The van der Waals surface area contributed by atoms with Gasteiger partial charge in [0.05, 0.1) is 12.1 Å². The fraction of sp³-hybridized carbons (Fsp3) is 0.316. The summed E-state index contributed by atoms with van der Waals surface area (Å²) in [4.78, 5) is 5.79. The highest BCUT2D eigenvalue weighted by Gasteiger charge is 2.19. The summed E-state index contributed by atoms with van der Waals surface area (Å²) >= 11 is 5.63. The van der Waals surface area contributed by atoms with Crippen LogP contribution in [-0.2, 0) is 6.42 Å². The van der Waals surface area contributed by atoms with Crippen LogP contribution in [0.1, 0.15) is 5.56 Å². The van der Waals surface area contributed by atoms with Crippen molar-refractivity contribution in [1.82, 2.24) is 4.90 Å². The minimum absolute atomic E-state index is 0.860. The number of hydrogen-bond donors (Lipinski definition) is 0. The first-order valence-electron chi connectivity index (χ1n) is 7.97. The monoisotopic (exact) mass is 326 g/mol. The molecule has 2 aromatic carbocycles. The van der Waals surface area contributed by atoms with E-state index in [1.54, 1.807) is 7.11 Å². The minimum atomic E-state index is 0.860. The molecule has 1 fully saturated rings. The van der Waals surface area contributed by atoms with Crippen LogP contribution in [0.3, 0.4) is 0 Å². The first-order chi connectivity index (χ1) is 11.3. The number of methoxy groups -OCH3 is 1. The van der Waals surface area contributed by atoms with E-state index >= 15 is 0 Å². The van der Waals surface area contributed by atoms with Crippen molar-refractivity contribution in [3.8, 4) is 5.75 Å². The predicted octanol–water partition coefficient (Wildman–Crippen LogP) is 3.39. The van der Waals surface area contributed by atoms with Crippen molar-refractivity contribution in [3.63, 3.8) is 0 Å². The summed E-state index contributed by atoms with van der Waals surface area (Å²) in [6, 6.07) is 18.7. The summed E-state index contributed by atoms with van der Waals surface area (Å²) in [5.74, 6) is 0.899. The highest BCUT2D eigenvalue weighted by atomic mass is 32.1. The van der Waals surface area contributed by atoms with Crippen molar-refractivity contribution in [2.24, 2.45) is 0 Å². The van der Waals surface area contributed by atoms with E-state index in [1.165, 1.54) is 11.3 Å². The molecule has 0 spiro atoms. The van der Waals surface area contributed by atoms with Crippen LogP contribution in [0.25, 0.3) is 0 Å². The van der Waals surface area contributed by atoms with Gasteiger partial charge in [-0.25, -0.2) is 0 Å². The molecule has 3 nitrogen and oxygen atoms in total. The molecule has 1 aliphatic heterocycles. The Morgan fingerprint density at radius 1 is 0.957 bits per heavy atom. The second kappa shape index (κ2) is 7.47. The van der Waals surface area contributed by atoms with Crippen molar-refractivity contribution < 1.29 is 4.74 Å². The lowest BCUT2D eigenvalue weighted by molar-refractivity contribution is 0.387. The van der Waals surface area contributed by atoms with E-state index in [2.05, 4.69) is 46.2 Å². The molecule has 0 bridgehead atoms. The fourth-order valence-corrected chi connectivity index (χ4v) is 3.24. The van der Waals surface area contributed by atoms with E-state index in [4.69, 9.17) is 17.0 Å². The third kappa shape index (κ3) is 4.02. The molecule has 0 amide bonds. The van der Waals surface area contributed by atoms with Gasteiger partial charge in [-0.2, -0.15) is 0 Å². The summed E-state index contributed by atoms with van der Waals surface area (Å²) in [7, 11) is 1.70. The molecule has 2 aromatic rings. The highest BCUT2D eigenvalue weighted by molar-refractivity contribution is 7.80. The summed E-state index contributed by atoms with van der Waals surface area (Å²) < 4.78 is 5.22. The standard InChI is InChI=1S/C19H22N2OS/c1-22-18-9-7-17(8-10-18)20-11-13-21(14-12-20)19(23)15-16-5-3-2-4-6-16/h2-10H,11-15H2,1H3. The Hall–Kier alpha value is -2.07. The van der Waals surface area contributed by atoms with Crippen molar-refractivity contribution in [3.05, 3.63) is 60.2 Å². The van der Waals surface area contributed by atoms with Crippen LogP contribution >= 0.6 is 12.2 Å². The SMILES string of the molecule is COc1ccc(N2CCN(C(=S)Cc3ccccc3)CC2)cc1. The maximum absolute atomic E-state index is 5.63. The summed E-state index contributed by atoms with van der Waals surface area (Å²) in [5, 5.41) is 0.